The van der Waals surface area contributed by atoms with Crippen LogP contribution in [0.1, 0.15) is 34.5 Å². The summed E-state index contributed by atoms with van der Waals surface area (Å²) in [5, 5.41) is 8.57. The van der Waals surface area contributed by atoms with Gasteiger partial charge in [-0.1, -0.05) is 48.5 Å². The van der Waals surface area contributed by atoms with Crippen LogP contribution in [0.3, 0.4) is 0 Å². The van der Waals surface area contributed by atoms with E-state index in [0.717, 1.165) is 16.8 Å². The minimum atomic E-state index is -0.0744. The molecule has 0 aliphatic heterocycles. The summed E-state index contributed by atoms with van der Waals surface area (Å²) < 4.78 is 0. The lowest BCUT2D eigenvalue weighted by Gasteiger charge is -2.18. The molecule has 0 aliphatic carbocycles. The number of hydrogen-bond donors (Lipinski definition) is 2. The smallest absolute Gasteiger partial charge is 0.253 e. The molecule has 0 heterocycles. The second-order valence-corrected chi connectivity index (χ2v) is 6.06. The molecule has 0 saturated carbocycles. The molecule has 122 valence electrons. The molecule has 0 aliphatic rings. The summed E-state index contributed by atoms with van der Waals surface area (Å²) >= 11 is 0. The highest BCUT2D eigenvalue weighted by atomic mass is 16.1. The fraction of sp³-hybridized carbons (Fsp3) is 0.190. The molecule has 2 N–H and O–H groups in total. The molecule has 0 radical (unpaired) electrons. The maximum Gasteiger partial charge on any atom is 0.253 e. The van der Waals surface area contributed by atoms with Gasteiger partial charge in [0, 0.05) is 12.7 Å². The average molecular weight is 318 g/mol. The predicted octanol–water partition coefficient (Wildman–Crippen LogP) is 4.68. The Morgan fingerprint density at radius 1 is 1.00 bits per heavy atom. The van der Waals surface area contributed by atoms with Gasteiger partial charge in [-0.3, -0.25) is 4.79 Å². The summed E-state index contributed by atoms with van der Waals surface area (Å²) in [4.78, 5) is 12.7. The predicted molar refractivity (Wildman–Crippen MR) is 101 cm³/mol. The standard InChI is InChI=1S/C21H22N2O/c1-14-11-12-19(20(13-14)22-3)21(24)23-15(2)17-10-6-8-16-7-4-5-9-18(16)17/h4-13,15,22H,1-3H3,(H,23,24)/t15-/m1/s1. The van der Waals surface area contributed by atoms with Crippen LogP contribution in [0.4, 0.5) is 5.69 Å². The summed E-state index contributed by atoms with van der Waals surface area (Å²) in [6, 6.07) is 20.2. The summed E-state index contributed by atoms with van der Waals surface area (Å²) in [6.45, 7) is 4.04. The Kier molecular flexibility index (Phi) is 4.52. The molecular formula is C21H22N2O. The third-order valence-electron chi connectivity index (χ3n) is 4.33. The molecular weight excluding hydrogens is 296 g/mol. The van der Waals surface area contributed by atoms with Crippen molar-refractivity contribution >= 4 is 22.4 Å². The Morgan fingerprint density at radius 3 is 2.54 bits per heavy atom. The maximum atomic E-state index is 12.7. The van der Waals surface area contributed by atoms with E-state index in [1.807, 2.05) is 57.3 Å². The van der Waals surface area contributed by atoms with E-state index >= 15 is 0 Å². The molecule has 3 heteroatoms. The topological polar surface area (TPSA) is 41.1 Å². The van der Waals surface area contributed by atoms with Crippen LogP contribution in [-0.4, -0.2) is 13.0 Å². The van der Waals surface area contributed by atoms with Crippen LogP contribution >= 0.6 is 0 Å². The third-order valence-corrected chi connectivity index (χ3v) is 4.33. The third kappa shape index (κ3) is 3.11. The van der Waals surface area contributed by atoms with Crippen LogP contribution in [-0.2, 0) is 0 Å². The molecule has 0 unspecified atom stereocenters. The van der Waals surface area contributed by atoms with Gasteiger partial charge in [-0.15, -0.1) is 0 Å². The highest BCUT2D eigenvalue weighted by Crippen LogP contribution is 2.25. The van der Waals surface area contributed by atoms with Crippen LogP contribution < -0.4 is 10.6 Å². The summed E-state index contributed by atoms with van der Waals surface area (Å²) in [5.74, 6) is -0.0696. The molecule has 0 aromatic heterocycles. The lowest BCUT2D eigenvalue weighted by atomic mass is 9.99. The van der Waals surface area contributed by atoms with Gasteiger partial charge in [-0.2, -0.15) is 0 Å². The number of amides is 1. The van der Waals surface area contributed by atoms with Crippen molar-refractivity contribution in [3.8, 4) is 0 Å². The van der Waals surface area contributed by atoms with Crippen LogP contribution in [0, 0.1) is 6.92 Å². The van der Waals surface area contributed by atoms with Gasteiger partial charge in [0.1, 0.15) is 0 Å². The van der Waals surface area contributed by atoms with Crippen molar-refractivity contribution in [2.45, 2.75) is 19.9 Å². The molecule has 3 aromatic rings. The first-order valence-electron chi connectivity index (χ1n) is 8.17. The highest BCUT2D eigenvalue weighted by molar-refractivity contribution is 6.00. The normalized spacial score (nSPS) is 12.0. The molecule has 3 nitrogen and oxygen atoms in total. The number of aryl methyl sites for hydroxylation is 1. The average Bonchev–Trinajstić information content (AvgIpc) is 2.60. The van der Waals surface area contributed by atoms with Crippen LogP contribution in [0.15, 0.2) is 60.7 Å². The lowest BCUT2D eigenvalue weighted by Crippen LogP contribution is -2.27. The molecule has 0 bridgehead atoms. The van der Waals surface area contributed by atoms with Crippen LogP contribution in [0.25, 0.3) is 10.8 Å². The van der Waals surface area contributed by atoms with E-state index < -0.39 is 0 Å². The first-order chi connectivity index (χ1) is 11.6. The van der Waals surface area contributed by atoms with E-state index in [0.29, 0.717) is 5.56 Å². The second-order valence-electron chi connectivity index (χ2n) is 6.06. The monoisotopic (exact) mass is 318 g/mol. The van der Waals surface area contributed by atoms with E-state index in [9.17, 15) is 4.79 Å². The molecule has 0 fully saturated rings. The number of benzene rings is 3. The van der Waals surface area contributed by atoms with E-state index in [2.05, 4.69) is 34.9 Å². The molecule has 24 heavy (non-hydrogen) atoms. The van der Waals surface area contributed by atoms with Crippen molar-refractivity contribution in [1.29, 1.82) is 0 Å². The largest absolute Gasteiger partial charge is 0.387 e. The van der Waals surface area contributed by atoms with Crippen molar-refractivity contribution in [3.05, 3.63) is 77.4 Å². The van der Waals surface area contributed by atoms with Gasteiger partial charge in [0.05, 0.1) is 11.6 Å². The number of hydrogen-bond acceptors (Lipinski definition) is 2. The zero-order chi connectivity index (χ0) is 17.1. The minimum absolute atomic E-state index is 0.0696. The Labute approximate surface area is 142 Å². The van der Waals surface area contributed by atoms with Crippen LogP contribution in [0.5, 0.6) is 0 Å². The second kappa shape index (κ2) is 6.75. The van der Waals surface area contributed by atoms with E-state index in [-0.39, 0.29) is 11.9 Å². The SMILES string of the molecule is CNc1cc(C)ccc1C(=O)N[C@H](C)c1cccc2ccccc12. The first-order valence-corrected chi connectivity index (χ1v) is 8.17. The van der Waals surface area contributed by atoms with Gasteiger partial charge in [0.2, 0.25) is 0 Å². The minimum Gasteiger partial charge on any atom is -0.387 e. The van der Waals surface area contributed by atoms with Crippen molar-refractivity contribution in [3.63, 3.8) is 0 Å². The lowest BCUT2D eigenvalue weighted by molar-refractivity contribution is 0.0941. The van der Waals surface area contributed by atoms with Gasteiger partial charge in [0.25, 0.3) is 5.91 Å². The van der Waals surface area contributed by atoms with Gasteiger partial charge < -0.3 is 10.6 Å². The maximum absolute atomic E-state index is 12.7. The van der Waals surface area contributed by atoms with Crippen molar-refractivity contribution in [2.24, 2.45) is 0 Å². The van der Waals surface area contributed by atoms with E-state index in [4.69, 9.17) is 0 Å². The fourth-order valence-electron chi connectivity index (χ4n) is 3.04. The van der Waals surface area contributed by atoms with Gasteiger partial charge in [-0.25, -0.2) is 0 Å². The number of anilines is 1. The molecule has 3 aromatic carbocycles. The molecule has 3 rings (SSSR count). The highest BCUT2D eigenvalue weighted by Gasteiger charge is 2.16. The van der Waals surface area contributed by atoms with Gasteiger partial charge >= 0.3 is 0 Å². The van der Waals surface area contributed by atoms with Crippen LogP contribution in [0.2, 0.25) is 0 Å². The number of fused-ring (bicyclic) bond motifs is 1. The van der Waals surface area contributed by atoms with Crippen molar-refractivity contribution in [1.82, 2.24) is 5.32 Å². The number of carbonyl (C=O) groups excluding carboxylic acids is 1. The Balaban J connectivity index is 1.89. The first kappa shape index (κ1) is 16.1. The molecule has 0 spiro atoms. The Morgan fingerprint density at radius 2 is 1.75 bits per heavy atom. The Bertz CT molecular complexity index is 881. The number of rotatable bonds is 4. The zero-order valence-electron chi connectivity index (χ0n) is 14.3. The number of carbonyl (C=O) groups is 1. The summed E-state index contributed by atoms with van der Waals surface area (Å²) in [7, 11) is 1.83. The van der Waals surface area contributed by atoms with E-state index in [1.54, 1.807) is 0 Å². The Hall–Kier alpha value is -2.81. The molecule has 0 saturated heterocycles. The van der Waals surface area contributed by atoms with Crippen molar-refractivity contribution < 1.29 is 4.79 Å². The van der Waals surface area contributed by atoms with Gasteiger partial charge in [-0.05, 0) is 47.9 Å². The number of nitrogens with one attached hydrogen (secondary N) is 2. The fourth-order valence-corrected chi connectivity index (χ4v) is 3.04. The van der Waals surface area contributed by atoms with Crippen molar-refractivity contribution in [2.75, 3.05) is 12.4 Å². The van der Waals surface area contributed by atoms with E-state index in [1.165, 1.54) is 10.8 Å². The zero-order valence-corrected chi connectivity index (χ0v) is 14.3. The van der Waals surface area contributed by atoms with Gasteiger partial charge in [0.15, 0.2) is 0 Å². The molecule has 1 atom stereocenters. The molecule has 1 amide bonds. The summed E-state index contributed by atoms with van der Waals surface area (Å²) in [5.41, 5.74) is 3.75. The quantitative estimate of drug-likeness (QED) is 0.733. The summed E-state index contributed by atoms with van der Waals surface area (Å²) in [6.07, 6.45) is 0.